The summed E-state index contributed by atoms with van der Waals surface area (Å²) in [6.07, 6.45) is 17.7. The van der Waals surface area contributed by atoms with Crippen molar-refractivity contribution in [3.8, 4) is 11.8 Å². The van der Waals surface area contributed by atoms with Crippen LogP contribution in [0.2, 0.25) is 0 Å². The van der Waals surface area contributed by atoms with Crippen molar-refractivity contribution in [3.63, 3.8) is 0 Å². The third-order valence-corrected chi connectivity index (χ3v) is 21.9. The number of cyclic esters (lactones) is 1. The number of carbonyl (C=O) groups excluding carboxylic acids is 2. The molecule has 1 aromatic carbocycles. The molecule has 9 heteroatoms. The van der Waals surface area contributed by atoms with Gasteiger partial charge in [0.15, 0.2) is 0 Å². The minimum Gasteiger partial charge on any atom is -0.462 e. The number of aliphatic hydroxyl groups excluding tert-OH is 2. The van der Waals surface area contributed by atoms with Crippen LogP contribution in [-0.4, -0.2) is 69.3 Å². The summed E-state index contributed by atoms with van der Waals surface area (Å²) in [6.45, 7) is 6.93. The SMILES string of the molecule is CC1CCC(O)C23C(O)CCC(C)(C4CCCCC4)C2C2CC(C)(C#CCC4(CCCC5(CCCC5)C4CSSCC(Cc4ccccc4)C1)C(=O)O2)C3(O)CCC1=CC(=O)OC1. The summed E-state index contributed by atoms with van der Waals surface area (Å²) in [5.74, 6) is 9.54. The molecule has 6 fully saturated rings. The van der Waals surface area contributed by atoms with Crippen LogP contribution in [0.15, 0.2) is 42.0 Å². The summed E-state index contributed by atoms with van der Waals surface area (Å²) in [5.41, 5.74) is -3.21. The van der Waals surface area contributed by atoms with Gasteiger partial charge in [0, 0.05) is 36.3 Å². The van der Waals surface area contributed by atoms with Gasteiger partial charge in [0.2, 0.25) is 0 Å². The maximum Gasteiger partial charge on any atom is 0.331 e. The average Bonchev–Trinajstić information content (AvgIpc) is 3.93. The van der Waals surface area contributed by atoms with Gasteiger partial charge in [0.25, 0.3) is 0 Å². The molecule has 5 aliphatic carbocycles. The summed E-state index contributed by atoms with van der Waals surface area (Å²) in [5, 5.41) is 41.1. The fraction of sp³-hybridized carbons (Fsp3) is 0.778. The highest BCUT2D eigenvalue weighted by Crippen LogP contribution is 2.72. The monoisotopic (exact) mass is 901 g/mol. The lowest BCUT2D eigenvalue weighted by molar-refractivity contribution is -0.339. The van der Waals surface area contributed by atoms with Crippen molar-refractivity contribution in [2.24, 2.45) is 56.7 Å². The predicted octanol–water partition coefficient (Wildman–Crippen LogP) is 10.8. The Morgan fingerprint density at radius 1 is 0.841 bits per heavy atom. The Labute approximate surface area is 386 Å². The number of rotatable bonds is 6. The first-order valence-corrected chi connectivity index (χ1v) is 27.7. The first kappa shape index (κ1) is 46.2. The van der Waals surface area contributed by atoms with Gasteiger partial charge >= 0.3 is 11.9 Å². The molecule has 0 aromatic heterocycles. The van der Waals surface area contributed by atoms with E-state index in [-0.39, 0.29) is 36.3 Å². The Bertz CT molecular complexity index is 1910. The van der Waals surface area contributed by atoms with Gasteiger partial charge < -0.3 is 24.8 Å². The molecule has 12 unspecified atom stereocenters. The lowest BCUT2D eigenvalue weighted by atomic mass is 9.35. The maximum atomic E-state index is 15.9. The van der Waals surface area contributed by atoms with E-state index in [0.29, 0.717) is 49.9 Å². The zero-order chi connectivity index (χ0) is 44.1. The van der Waals surface area contributed by atoms with Gasteiger partial charge in [-0.3, -0.25) is 4.79 Å². The summed E-state index contributed by atoms with van der Waals surface area (Å²) in [6, 6.07) is 10.9. The highest BCUT2D eigenvalue weighted by atomic mass is 33.1. The molecule has 3 N–H and O–H groups in total. The number of esters is 2. The lowest BCUT2D eigenvalue weighted by Gasteiger charge is -2.72. The fourth-order valence-electron chi connectivity index (χ4n) is 16.3. The molecule has 3 heterocycles. The van der Waals surface area contributed by atoms with Crippen LogP contribution >= 0.6 is 21.6 Å². The van der Waals surface area contributed by atoms with Crippen LogP contribution in [0.25, 0.3) is 0 Å². The van der Waals surface area contributed by atoms with Gasteiger partial charge in [0.1, 0.15) is 12.7 Å². The number of aliphatic hydroxyl groups is 3. The molecule has 12 atom stereocenters. The molecule has 346 valence electrons. The van der Waals surface area contributed by atoms with E-state index < -0.39 is 51.5 Å². The standard InChI is InChI=1S/C54H76O7S2/c1-37-18-19-44(55)54-45(56)21-28-50(3,41-16-8-5-9-17-41)47(54)42-33-49(2,53(54,59)29-20-39-32-46(57)60-34-39)22-12-26-52(48(58)61-42)27-13-25-51(23-10-11-24-51)43(52)36-63-62-35-40(30-37)31-38-14-6-4-7-15-38/h4,6-7,14-15,32,37,40-45,47,55-56,59H,5,8-11,13,16-21,23-31,33-36H2,1-3H3. The number of fused-ring (bicyclic) bond motifs is 3. The molecule has 3 aliphatic heterocycles. The molecule has 4 bridgehead atoms. The normalized spacial score (nSPS) is 43.3. The quantitative estimate of drug-likeness (QED) is 0.146. The zero-order valence-electron chi connectivity index (χ0n) is 38.6. The minimum atomic E-state index is -1.69. The van der Waals surface area contributed by atoms with E-state index >= 15 is 4.79 Å². The first-order valence-electron chi connectivity index (χ1n) is 25.2. The van der Waals surface area contributed by atoms with Gasteiger partial charge in [-0.05, 0) is 142 Å². The Morgan fingerprint density at radius 2 is 1.57 bits per heavy atom. The molecular formula is C54H76O7S2. The van der Waals surface area contributed by atoms with E-state index in [1.165, 1.54) is 24.8 Å². The van der Waals surface area contributed by atoms with Crippen molar-refractivity contribution >= 4 is 33.5 Å². The van der Waals surface area contributed by atoms with E-state index in [2.05, 4.69) is 56.0 Å². The van der Waals surface area contributed by atoms with Crippen molar-refractivity contribution in [2.45, 2.75) is 186 Å². The van der Waals surface area contributed by atoms with Crippen LogP contribution in [0.1, 0.15) is 161 Å². The topological polar surface area (TPSA) is 113 Å². The van der Waals surface area contributed by atoms with Gasteiger partial charge in [-0.15, -0.1) is 5.92 Å². The summed E-state index contributed by atoms with van der Waals surface area (Å²) in [7, 11) is 3.97. The summed E-state index contributed by atoms with van der Waals surface area (Å²) >= 11 is 0. The van der Waals surface area contributed by atoms with Crippen molar-refractivity contribution in [2.75, 3.05) is 18.1 Å². The van der Waals surface area contributed by atoms with Crippen molar-refractivity contribution < 1.29 is 34.4 Å². The van der Waals surface area contributed by atoms with Crippen LogP contribution < -0.4 is 0 Å². The molecule has 1 saturated heterocycles. The second kappa shape index (κ2) is 18.3. The third-order valence-electron chi connectivity index (χ3n) is 19.4. The maximum absolute atomic E-state index is 15.9. The van der Waals surface area contributed by atoms with E-state index in [1.807, 2.05) is 28.5 Å². The number of hydrogen-bond donors (Lipinski definition) is 3. The molecule has 5 saturated carbocycles. The van der Waals surface area contributed by atoms with Crippen LogP contribution in [0.4, 0.5) is 0 Å². The van der Waals surface area contributed by atoms with Crippen LogP contribution in [0, 0.1) is 68.5 Å². The molecule has 0 radical (unpaired) electrons. The van der Waals surface area contributed by atoms with Crippen LogP contribution in [0.3, 0.4) is 0 Å². The number of carbonyl (C=O) groups is 2. The predicted molar refractivity (Wildman–Crippen MR) is 252 cm³/mol. The summed E-state index contributed by atoms with van der Waals surface area (Å²) < 4.78 is 12.8. The Hall–Kier alpha value is -1.96. The van der Waals surface area contributed by atoms with Gasteiger partial charge in [-0.2, -0.15) is 0 Å². The van der Waals surface area contributed by atoms with Crippen molar-refractivity contribution in [1.29, 1.82) is 0 Å². The second-order valence-electron chi connectivity index (χ2n) is 22.7. The average molecular weight is 901 g/mol. The van der Waals surface area contributed by atoms with Gasteiger partial charge in [-0.25, -0.2) is 4.79 Å². The largest absolute Gasteiger partial charge is 0.462 e. The first-order chi connectivity index (χ1) is 30.3. The smallest absolute Gasteiger partial charge is 0.331 e. The van der Waals surface area contributed by atoms with Crippen molar-refractivity contribution in [3.05, 3.63) is 47.5 Å². The van der Waals surface area contributed by atoms with E-state index in [1.54, 1.807) is 6.08 Å². The number of benzene rings is 1. The second-order valence-corrected chi connectivity index (χ2v) is 25.3. The van der Waals surface area contributed by atoms with Crippen LogP contribution in [-0.2, 0) is 25.5 Å². The third kappa shape index (κ3) is 8.00. The van der Waals surface area contributed by atoms with E-state index in [9.17, 15) is 20.1 Å². The molecule has 0 amide bonds. The molecule has 7 nitrogen and oxygen atoms in total. The Balaban J connectivity index is 1.23. The Morgan fingerprint density at radius 3 is 2.32 bits per heavy atom. The molecular weight excluding hydrogens is 825 g/mol. The van der Waals surface area contributed by atoms with E-state index in [0.717, 1.165) is 101 Å². The van der Waals surface area contributed by atoms with Crippen LogP contribution in [0.5, 0.6) is 0 Å². The molecule has 63 heavy (non-hydrogen) atoms. The number of ether oxygens (including phenoxy) is 2. The highest BCUT2D eigenvalue weighted by molar-refractivity contribution is 8.76. The van der Waals surface area contributed by atoms with Gasteiger partial charge in [-0.1, -0.05) is 110 Å². The minimum absolute atomic E-state index is 0.0766. The van der Waals surface area contributed by atoms with Gasteiger partial charge in [0.05, 0.1) is 34.1 Å². The lowest BCUT2D eigenvalue weighted by Crippen LogP contribution is -2.79. The van der Waals surface area contributed by atoms with E-state index in [4.69, 9.17) is 9.47 Å². The Kier molecular flexibility index (Phi) is 13.4. The molecule has 8 aliphatic rings. The zero-order valence-corrected chi connectivity index (χ0v) is 40.2. The fourth-order valence-corrected chi connectivity index (χ4v) is 19.3. The molecule has 1 aromatic rings. The van der Waals surface area contributed by atoms with Crippen molar-refractivity contribution in [1.82, 2.24) is 0 Å². The summed E-state index contributed by atoms with van der Waals surface area (Å²) in [4.78, 5) is 28.4. The molecule has 9 rings (SSSR count). The molecule has 2 spiro atoms. The number of hydrogen-bond acceptors (Lipinski definition) is 9. The highest BCUT2D eigenvalue weighted by Gasteiger charge is 2.78.